The van der Waals surface area contributed by atoms with Crippen LogP contribution in [0.3, 0.4) is 0 Å². The zero-order chi connectivity index (χ0) is 14.2. The Labute approximate surface area is 126 Å². The largest absolute Gasteiger partial charge is 0.368 e. The van der Waals surface area contributed by atoms with E-state index < -0.39 is 0 Å². The van der Waals surface area contributed by atoms with Gasteiger partial charge in [0, 0.05) is 36.2 Å². The van der Waals surface area contributed by atoms with Crippen molar-refractivity contribution in [2.45, 2.75) is 13.0 Å². The summed E-state index contributed by atoms with van der Waals surface area (Å²) in [6, 6.07) is 5.34. The Kier molecular flexibility index (Phi) is 5.88. The summed E-state index contributed by atoms with van der Waals surface area (Å²) in [5.41, 5.74) is 1.15. The van der Waals surface area contributed by atoms with Gasteiger partial charge in [-0.05, 0) is 46.6 Å². The quantitative estimate of drug-likeness (QED) is 0.762. The topological polar surface area (TPSA) is 49.8 Å². The lowest BCUT2D eigenvalue weighted by atomic mass is 10.3. The van der Waals surface area contributed by atoms with Gasteiger partial charge in [-0.2, -0.15) is 0 Å². The summed E-state index contributed by atoms with van der Waals surface area (Å²) in [5, 5.41) is 6.29. The van der Waals surface area contributed by atoms with E-state index in [0.717, 1.165) is 25.1 Å². The van der Waals surface area contributed by atoms with Crippen LogP contribution >= 0.6 is 15.9 Å². The van der Waals surface area contributed by atoms with Gasteiger partial charge in [-0.15, -0.1) is 0 Å². The van der Waals surface area contributed by atoms with E-state index in [9.17, 15) is 4.39 Å². The molecule has 0 aromatic carbocycles. The monoisotopic (exact) mass is 338 g/mol. The number of halogens is 2. The van der Waals surface area contributed by atoms with Crippen molar-refractivity contribution in [3.8, 4) is 0 Å². The van der Waals surface area contributed by atoms with Crippen LogP contribution in [0.2, 0.25) is 0 Å². The van der Waals surface area contributed by atoms with Crippen LogP contribution in [0.5, 0.6) is 0 Å². The van der Waals surface area contributed by atoms with Gasteiger partial charge >= 0.3 is 0 Å². The van der Waals surface area contributed by atoms with Gasteiger partial charge in [0.05, 0.1) is 0 Å². The summed E-state index contributed by atoms with van der Waals surface area (Å²) < 4.78 is 14.1. The van der Waals surface area contributed by atoms with Crippen molar-refractivity contribution in [3.05, 3.63) is 52.6 Å². The van der Waals surface area contributed by atoms with Gasteiger partial charge in [0.15, 0.2) is 11.6 Å². The van der Waals surface area contributed by atoms with Gasteiger partial charge in [-0.25, -0.2) is 9.37 Å². The number of hydrogen-bond donors (Lipinski definition) is 2. The average Bonchev–Trinajstić information content (AvgIpc) is 2.46. The Morgan fingerprint density at radius 3 is 2.90 bits per heavy atom. The van der Waals surface area contributed by atoms with Crippen molar-refractivity contribution in [1.29, 1.82) is 0 Å². The maximum atomic E-state index is 13.5. The van der Waals surface area contributed by atoms with Crippen molar-refractivity contribution >= 4 is 21.7 Å². The summed E-state index contributed by atoms with van der Waals surface area (Å²) in [5.74, 6) is -0.0526. The standard InChI is InChI=1S/C14H16BrFN4/c15-12-7-13(16)14(20-10-12)19-6-2-5-18-9-11-3-1-4-17-8-11/h1,3-4,7-8,10,18H,2,5-6,9H2,(H,19,20). The zero-order valence-electron chi connectivity index (χ0n) is 10.9. The highest BCUT2D eigenvalue weighted by atomic mass is 79.9. The normalized spacial score (nSPS) is 10.5. The van der Waals surface area contributed by atoms with E-state index in [1.54, 1.807) is 12.4 Å². The summed E-state index contributed by atoms with van der Waals surface area (Å²) >= 11 is 3.18. The number of rotatable bonds is 7. The van der Waals surface area contributed by atoms with Crippen molar-refractivity contribution in [2.24, 2.45) is 0 Å². The van der Waals surface area contributed by atoms with Crippen LogP contribution in [0.4, 0.5) is 10.2 Å². The first-order valence-electron chi connectivity index (χ1n) is 6.40. The van der Waals surface area contributed by atoms with Gasteiger partial charge in [0.1, 0.15) is 0 Å². The number of aromatic nitrogens is 2. The molecule has 4 nitrogen and oxygen atoms in total. The first-order chi connectivity index (χ1) is 9.75. The van der Waals surface area contributed by atoms with Crippen LogP contribution in [0.25, 0.3) is 0 Å². The predicted molar refractivity (Wildman–Crippen MR) is 80.9 cm³/mol. The third-order valence-corrected chi connectivity index (χ3v) is 3.12. The fourth-order valence-electron chi connectivity index (χ4n) is 1.70. The van der Waals surface area contributed by atoms with Crippen LogP contribution in [0.15, 0.2) is 41.3 Å². The van der Waals surface area contributed by atoms with Gasteiger partial charge in [0.25, 0.3) is 0 Å². The molecule has 2 rings (SSSR count). The molecule has 0 saturated heterocycles. The maximum absolute atomic E-state index is 13.5. The molecule has 20 heavy (non-hydrogen) atoms. The third kappa shape index (κ3) is 4.86. The Morgan fingerprint density at radius 1 is 1.25 bits per heavy atom. The lowest BCUT2D eigenvalue weighted by molar-refractivity contribution is 0.619. The smallest absolute Gasteiger partial charge is 0.166 e. The fraction of sp³-hybridized carbons (Fsp3) is 0.286. The molecule has 0 radical (unpaired) electrons. The number of anilines is 1. The van der Waals surface area contributed by atoms with E-state index >= 15 is 0 Å². The molecule has 2 heterocycles. The van der Waals surface area contributed by atoms with Gasteiger partial charge in [0.2, 0.25) is 0 Å². The lowest BCUT2D eigenvalue weighted by Gasteiger charge is -2.07. The van der Waals surface area contributed by atoms with Crippen molar-refractivity contribution in [1.82, 2.24) is 15.3 Å². The Morgan fingerprint density at radius 2 is 2.15 bits per heavy atom. The van der Waals surface area contributed by atoms with E-state index in [0.29, 0.717) is 16.8 Å². The highest BCUT2D eigenvalue weighted by Gasteiger charge is 2.02. The second-order valence-corrected chi connectivity index (χ2v) is 5.22. The molecular formula is C14H16BrFN4. The molecule has 2 N–H and O–H groups in total. The first-order valence-corrected chi connectivity index (χ1v) is 7.19. The summed E-state index contributed by atoms with van der Waals surface area (Å²) in [4.78, 5) is 8.03. The molecule has 0 aliphatic heterocycles. The molecule has 0 spiro atoms. The molecule has 0 atom stereocenters. The fourth-order valence-corrected chi connectivity index (χ4v) is 2.00. The minimum atomic E-state index is -0.345. The number of pyridine rings is 2. The maximum Gasteiger partial charge on any atom is 0.166 e. The molecule has 0 aliphatic carbocycles. The molecular weight excluding hydrogens is 323 g/mol. The minimum Gasteiger partial charge on any atom is -0.368 e. The highest BCUT2D eigenvalue weighted by Crippen LogP contribution is 2.15. The number of hydrogen-bond acceptors (Lipinski definition) is 4. The average molecular weight is 339 g/mol. The van der Waals surface area contributed by atoms with E-state index in [1.165, 1.54) is 6.07 Å². The second-order valence-electron chi connectivity index (χ2n) is 4.30. The van der Waals surface area contributed by atoms with Crippen molar-refractivity contribution in [2.75, 3.05) is 18.4 Å². The molecule has 0 amide bonds. The molecule has 0 bridgehead atoms. The molecule has 0 unspecified atom stereocenters. The molecule has 0 fully saturated rings. The Bertz CT molecular complexity index is 536. The van der Waals surface area contributed by atoms with Gasteiger partial charge < -0.3 is 10.6 Å². The van der Waals surface area contributed by atoms with Crippen LogP contribution < -0.4 is 10.6 Å². The van der Waals surface area contributed by atoms with Crippen LogP contribution in [0.1, 0.15) is 12.0 Å². The van der Waals surface area contributed by atoms with Crippen LogP contribution in [-0.2, 0) is 6.54 Å². The Hall–Kier alpha value is -1.53. The first kappa shape index (κ1) is 14.9. The highest BCUT2D eigenvalue weighted by molar-refractivity contribution is 9.10. The van der Waals surface area contributed by atoms with E-state index in [1.807, 2.05) is 18.3 Å². The molecule has 106 valence electrons. The van der Waals surface area contributed by atoms with Crippen LogP contribution in [0, 0.1) is 5.82 Å². The van der Waals surface area contributed by atoms with Gasteiger partial charge in [-0.3, -0.25) is 4.98 Å². The predicted octanol–water partition coefficient (Wildman–Crippen LogP) is 2.97. The van der Waals surface area contributed by atoms with E-state index in [2.05, 4.69) is 36.5 Å². The molecule has 0 saturated carbocycles. The molecule has 2 aromatic rings. The van der Waals surface area contributed by atoms with Gasteiger partial charge in [-0.1, -0.05) is 6.07 Å². The third-order valence-electron chi connectivity index (χ3n) is 2.68. The summed E-state index contributed by atoms with van der Waals surface area (Å²) in [7, 11) is 0. The SMILES string of the molecule is Fc1cc(Br)cnc1NCCCNCc1cccnc1. The van der Waals surface area contributed by atoms with E-state index in [-0.39, 0.29) is 5.82 Å². The van der Waals surface area contributed by atoms with E-state index in [4.69, 9.17) is 0 Å². The number of nitrogens with zero attached hydrogens (tertiary/aromatic N) is 2. The van der Waals surface area contributed by atoms with Crippen molar-refractivity contribution < 1.29 is 4.39 Å². The zero-order valence-corrected chi connectivity index (χ0v) is 12.5. The minimum absolute atomic E-state index is 0.292. The number of nitrogens with one attached hydrogen (secondary N) is 2. The Balaban J connectivity index is 1.62. The van der Waals surface area contributed by atoms with Crippen LogP contribution in [-0.4, -0.2) is 23.1 Å². The van der Waals surface area contributed by atoms with Crippen molar-refractivity contribution in [3.63, 3.8) is 0 Å². The lowest BCUT2D eigenvalue weighted by Crippen LogP contribution is -2.18. The second kappa shape index (κ2) is 7.91. The summed E-state index contributed by atoms with van der Waals surface area (Å²) in [6.45, 7) is 2.31. The summed E-state index contributed by atoms with van der Waals surface area (Å²) in [6.07, 6.45) is 6.06. The molecule has 0 aliphatic rings. The molecule has 6 heteroatoms. The molecule has 2 aromatic heterocycles.